The van der Waals surface area contributed by atoms with E-state index in [0.717, 1.165) is 27.8 Å². The molecule has 0 unspecified atom stereocenters. The number of hydrogen-bond acceptors (Lipinski definition) is 2. The third-order valence-corrected chi connectivity index (χ3v) is 4.00. The van der Waals surface area contributed by atoms with Crippen LogP contribution in [-0.4, -0.2) is 16.1 Å². The zero-order chi connectivity index (χ0) is 15.9. The van der Waals surface area contributed by atoms with Gasteiger partial charge in [-0.1, -0.05) is 29.8 Å². The van der Waals surface area contributed by atoms with Crippen molar-refractivity contribution in [2.45, 2.75) is 20.8 Å². The maximum Gasteiger partial charge on any atom is 0.336 e. The van der Waals surface area contributed by atoms with E-state index in [2.05, 4.69) is 4.98 Å². The smallest absolute Gasteiger partial charge is 0.336 e. The molecule has 2 aromatic carbocycles. The van der Waals surface area contributed by atoms with Crippen LogP contribution in [0.5, 0.6) is 0 Å². The first-order valence-electron chi connectivity index (χ1n) is 7.18. The molecule has 3 heteroatoms. The fourth-order valence-corrected chi connectivity index (χ4v) is 2.53. The maximum atomic E-state index is 11.6. The van der Waals surface area contributed by atoms with Crippen molar-refractivity contribution in [3.05, 3.63) is 64.7 Å². The van der Waals surface area contributed by atoms with Crippen molar-refractivity contribution in [3.8, 4) is 11.3 Å². The van der Waals surface area contributed by atoms with Gasteiger partial charge < -0.3 is 5.11 Å². The minimum Gasteiger partial charge on any atom is -0.478 e. The van der Waals surface area contributed by atoms with Crippen molar-refractivity contribution in [2.75, 3.05) is 0 Å². The monoisotopic (exact) mass is 291 g/mol. The number of hydrogen-bond donors (Lipinski definition) is 1. The largest absolute Gasteiger partial charge is 0.478 e. The van der Waals surface area contributed by atoms with Crippen LogP contribution in [0.4, 0.5) is 0 Å². The average Bonchev–Trinajstić information content (AvgIpc) is 2.48. The molecule has 3 nitrogen and oxygen atoms in total. The topological polar surface area (TPSA) is 50.2 Å². The van der Waals surface area contributed by atoms with Crippen molar-refractivity contribution in [2.24, 2.45) is 0 Å². The molecular weight excluding hydrogens is 274 g/mol. The molecule has 0 aliphatic carbocycles. The van der Waals surface area contributed by atoms with Crippen LogP contribution in [0.15, 0.2) is 42.5 Å². The summed E-state index contributed by atoms with van der Waals surface area (Å²) in [6.45, 7) is 6.01. The Bertz CT molecular complexity index is 880. The van der Waals surface area contributed by atoms with Gasteiger partial charge in [0.05, 0.1) is 16.8 Å². The molecule has 1 heterocycles. The van der Waals surface area contributed by atoms with Gasteiger partial charge in [0.25, 0.3) is 0 Å². The average molecular weight is 291 g/mol. The Kier molecular flexibility index (Phi) is 3.41. The first-order valence-corrected chi connectivity index (χ1v) is 7.18. The number of rotatable bonds is 2. The summed E-state index contributed by atoms with van der Waals surface area (Å²) in [5.41, 5.74) is 5.97. The zero-order valence-corrected chi connectivity index (χ0v) is 12.8. The van der Waals surface area contributed by atoms with Crippen molar-refractivity contribution >= 4 is 16.9 Å². The van der Waals surface area contributed by atoms with E-state index in [1.54, 1.807) is 6.07 Å². The Labute approximate surface area is 129 Å². The highest BCUT2D eigenvalue weighted by atomic mass is 16.4. The summed E-state index contributed by atoms with van der Waals surface area (Å²) in [4.78, 5) is 16.3. The lowest BCUT2D eigenvalue weighted by Gasteiger charge is -2.10. The fourth-order valence-electron chi connectivity index (χ4n) is 2.53. The van der Waals surface area contributed by atoms with Crippen molar-refractivity contribution in [1.82, 2.24) is 4.98 Å². The highest BCUT2D eigenvalue weighted by molar-refractivity contribution is 6.04. The molecule has 3 aromatic rings. The van der Waals surface area contributed by atoms with Gasteiger partial charge in [-0.15, -0.1) is 0 Å². The van der Waals surface area contributed by atoms with E-state index in [0.29, 0.717) is 16.6 Å². The second-order valence-corrected chi connectivity index (χ2v) is 5.68. The minimum atomic E-state index is -0.927. The number of benzene rings is 2. The van der Waals surface area contributed by atoms with Gasteiger partial charge in [-0.05, 0) is 50.1 Å². The highest BCUT2D eigenvalue weighted by Gasteiger charge is 2.14. The number of fused-ring (bicyclic) bond motifs is 1. The number of carbonyl (C=O) groups is 1. The molecule has 0 bridgehead atoms. The molecule has 110 valence electrons. The predicted octanol–water partition coefficient (Wildman–Crippen LogP) is 4.53. The molecule has 0 aliphatic heterocycles. The number of aryl methyl sites for hydroxylation is 3. The van der Waals surface area contributed by atoms with Gasteiger partial charge in [0.15, 0.2) is 0 Å². The second-order valence-electron chi connectivity index (χ2n) is 5.68. The molecule has 0 spiro atoms. The Morgan fingerprint density at radius 3 is 2.23 bits per heavy atom. The Morgan fingerprint density at radius 2 is 1.59 bits per heavy atom. The number of carboxylic acid groups (broad SMARTS) is 1. The predicted molar refractivity (Wildman–Crippen MR) is 88.3 cm³/mol. The molecule has 1 aromatic heterocycles. The van der Waals surface area contributed by atoms with Crippen LogP contribution in [0.2, 0.25) is 0 Å². The van der Waals surface area contributed by atoms with Crippen LogP contribution >= 0.6 is 0 Å². The highest BCUT2D eigenvalue weighted by Crippen LogP contribution is 2.27. The first-order chi connectivity index (χ1) is 10.5. The summed E-state index contributed by atoms with van der Waals surface area (Å²) in [5, 5.41) is 10.2. The molecule has 0 aliphatic rings. The molecule has 0 saturated carbocycles. The van der Waals surface area contributed by atoms with E-state index in [-0.39, 0.29) is 0 Å². The molecule has 0 amide bonds. The van der Waals surface area contributed by atoms with Crippen LogP contribution < -0.4 is 0 Å². The lowest BCUT2D eigenvalue weighted by Crippen LogP contribution is -2.01. The zero-order valence-electron chi connectivity index (χ0n) is 12.8. The number of aromatic nitrogens is 1. The Balaban J connectivity index is 2.31. The summed E-state index contributed by atoms with van der Waals surface area (Å²) >= 11 is 0. The van der Waals surface area contributed by atoms with Crippen LogP contribution in [0.1, 0.15) is 27.0 Å². The van der Waals surface area contributed by atoms with Gasteiger partial charge >= 0.3 is 5.97 Å². The summed E-state index contributed by atoms with van der Waals surface area (Å²) in [7, 11) is 0. The normalized spacial score (nSPS) is 10.9. The molecule has 0 fully saturated rings. The van der Waals surface area contributed by atoms with Crippen molar-refractivity contribution in [1.29, 1.82) is 0 Å². The Hall–Kier alpha value is -2.68. The van der Waals surface area contributed by atoms with Crippen LogP contribution in [0, 0.1) is 20.8 Å². The van der Waals surface area contributed by atoms with E-state index >= 15 is 0 Å². The lowest BCUT2D eigenvalue weighted by molar-refractivity contribution is 0.0699. The van der Waals surface area contributed by atoms with Gasteiger partial charge in [0.1, 0.15) is 0 Å². The first kappa shape index (κ1) is 14.3. The second kappa shape index (κ2) is 5.26. The standard InChI is InChI=1S/C19H17NO2/c1-11-4-6-14(7-5-11)17-10-16(19(21)22)15-8-12(2)13(3)9-18(15)20-17/h4-10H,1-3H3,(H,21,22). The van der Waals surface area contributed by atoms with Crippen molar-refractivity contribution in [3.63, 3.8) is 0 Å². The molecule has 0 radical (unpaired) electrons. The molecule has 22 heavy (non-hydrogen) atoms. The van der Waals surface area contributed by atoms with Crippen LogP contribution in [0.25, 0.3) is 22.2 Å². The van der Waals surface area contributed by atoms with Gasteiger partial charge in [-0.25, -0.2) is 9.78 Å². The summed E-state index contributed by atoms with van der Waals surface area (Å²) in [6, 6.07) is 13.5. The van der Waals surface area contributed by atoms with E-state index < -0.39 is 5.97 Å². The minimum absolute atomic E-state index is 0.295. The van der Waals surface area contributed by atoms with E-state index in [9.17, 15) is 9.90 Å². The van der Waals surface area contributed by atoms with E-state index in [1.807, 2.05) is 57.2 Å². The van der Waals surface area contributed by atoms with E-state index in [1.165, 1.54) is 0 Å². The summed E-state index contributed by atoms with van der Waals surface area (Å²) < 4.78 is 0. The van der Waals surface area contributed by atoms with Crippen LogP contribution in [-0.2, 0) is 0 Å². The number of nitrogens with zero attached hydrogens (tertiary/aromatic N) is 1. The van der Waals surface area contributed by atoms with Gasteiger partial charge in [0, 0.05) is 10.9 Å². The summed E-state index contributed by atoms with van der Waals surface area (Å²) in [6.07, 6.45) is 0. The molecule has 1 N–H and O–H groups in total. The van der Waals surface area contributed by atoms with Gasteiger partial charge in [-0.3, -0.25) is 0 Å². The third-order valence-electron chi connectivity index (χ3n) is 4.00. The molecular formula is C19H17NO2. The summed E-state index contributed by atoms with van der Waals surface area (Å²) in [5.74, 6) is -0.927. The molecule has 0 saturated heterocycles. The van der Waals surface area contributed by atoms with Crippen LogP contribution in [0.3, 0.4) is 0 Å². The number of pyridine rings is 1. The third kappa shape index (κ3) is 2.46. The SMILES string of the molecule is Cc1ccc(-c2cc(C(=O)O)c3cc(C)c(C)cc3n2)cc1. The maximum absolute atomic E-state index is 11.6. The lowest BCUT2D eigenvalue weighted by atomic mass is 10.00. The number of carboxylic acids is 1. The van der Waals surface area contributed by atoms with Crippen molar-refractivity contribution < 1.29 is 9.90 Å². The molecule has 3 rings (SSSR count). The molecule has 0 atom stereocenters. The Morgan fingerprint density at radius 1 is 0.955 bits per heavy atom. The number of aromatic carboxylic acids is 1. The fraction of sp³-hybridized carbons (Fsp3) is 0.158. The van der Waals surface area contributed by atoms with E-state index in [4.69, 9.17) is 0 Å². The van der Waals surface area contributed by atoms with Gasteiger partial charge in [0.2, 0.25) is 0 Å². The quantitative estimate of drug-likeness (QED) is 0.755. The van der Waals surface area contributed by atoms with Gasteiger partial charge in [-0.2, -0.15) is 0 Å².